The van der Waals surface area contributed by atoms with Crippen molar-refractivity contribution in [3.05, 3.63) is 83.1 Å². The molecule has 1 heterocycles. The van der Waals surface area contributed by atoms with Gasteiger partial charge < -0.3 is 21.1 Å². The Bertz CT molecular complexity index is 1040. The van der Waals surface area contributed by atoms with Crippen LogP contribution in [-0.2, 0) is 20.8 Å². The van der Waals surface area contributed by atoms with Gasteiger partial charge in [0.1, 0.15) is 6.04 Å². The summed E-state index contributed by atoms with van der Waals surface area (Å²) in [4.78, 5) is 38.9. The third-order valence-electron chi connectivity index (χ3n) is 6.66. The van der Waals surface area contributed by atoms with Gasteiger partial charge in [-0.25, -0.2) is 0 Å². The Morgan fingerprint density at radius 2 is 1.61 bits per heavy atom. The number of hydrogen-bond donors (Lipinski definition) is 3. The first-order valence-corrected chi connectivity index (χ1v) is 11.4. The van der Waals surface area contributed by atoms with E-state index in [1.807, 2.05) is 48.5 Å². The monoisotopic (exact) mass is 447 g/mol. The zero-order valence-electron chi connectivity index (χ0n) is 18.4. The molecule has 1 aliphatic carbocycles. The molecule has 33 heavy (non-hydrogen) atoms. The van der Waals surface area contributed by atoms with Crippen LogP contribution in [0.15, 0.2) is 72.0 Å². The minimum Gasteiger partial charge on any atom is -0.503 e. The maximum absolute atomic E-state index is 12.9. The van der Waals surface area contributed by atoms with Crippen LogP contribution in [-0.4, -0.2) is 46.4 Å². The molecule has 1 fully saturated rings. The number of carbonyl (C=O) groups is 3. The fourth-order valence-electron chi connectivity index (χ4n) is 4.78. The molecule has 2 aliphatic rings. The minimum absolute atomic E-state index is 0.00973. The molecule has 7 nitrogen and oxygen atoms in total. The SMILES string of the molecule is NC(=O)C(Cc1ccccc1)N1CC(C(=O)N[C@H]2CC[C@@H](c3ccccc3)CC2)=C(O)C1=O. The van der Waals surface area contributed by atoms with E-state index in [1.165, 1.54) is 10.5 Å². The highest BCUT2D eigenvalue weighted by Gasteiger charge is 2.40. The average molecular weight is 448 g/mol. The highest BCUT2D eigenvalue weighted by atomic mass is 16.3. The number of hydrogen-bond acceptors (Lipinski definition) is 4. The van der Waals surface area contributed by atoms with Crippen molar-refractivity contribution < 1.29 is 19.5 Å². The van der Waals surface area contributed by atoms with Crippen LogP contribution in [0.3, 0.4) is 0 Å². The zero-order chi connectivity index (χ0) is 23.4. The van der Waals surface area contributed by atoms with Crippen molar-refractivity contribution in [1.29, 1.82) is 0 Å². The van der Waals surface area contributed by atoms with E-state index < -0.39 is 29.5 Å². The van der Waals surface area contributed by atoms with E-state index in [1.54, 1.807) is 0 Å². The molecule has 0 bridgehead atoms. The van der Waals surface area contributed by atoms with Crippen LogP contribution in [0.4, 0.5) is 0 Å². The number of nitrogens with two attached hydrogens (primary N) is 1. The number of rotatable bonds is 7. The van der Waals surface area contributed by atoms with E-state index in [9.17, 15) is 19.5 Å². The first-order valence-electron chi connectivity index (χ1n) is 11.4. The number of aliphatic hydroxyl groups is 1. The summed E-state index contributed by atoms with van der Waals surface area (Å²) in [5.74, 6) is -2.02. The van der Waals surface area contributed by atoms with Crippen LogP contribution in [0.5, 0.6) is 0 Å². The van der Waals surface area contributed by atoms with E-state index >= 15 is 0 Å². The van der Waals surface area contributed by atoms with Crippen LogP contribution < -0.4 is 11.1 Å². The smallest absolute Gasteiger partial charge is 0.290 e. The highest BCUT2D eigenvalue weighted by molar-refractivity contribution is 6.08. The van der Waals surface area contributed by atoms with Crippen molar-refractivity contribution in [2.24, 2.45) is 5.73 Å². The molecular weight excluding hydrogens is 418 g/mol. The van der Waals surface area contributed by atoms with Gasteiger partial charge in [-0.3, -0.25) is 14.4 Å². The average Bonchev–Trinajstić information content (AvgIpc) is 3.13. The molecule has 0 aromatic heterocycles. The molecule has 7 heteroatoms. The van der Waals surface area contributed by atoms with E-state index in [0.717, 1.165) is 31.2 Å². The van der Waals surface area contributed by atoms with Crippen molar-refractivity contribution in [2.75, 3.05) is 6.54 Å². The lowest BCUT2D eigenvalue weighted by molar-refractivity contribution is -0.136. The molecule has 3 amide bonds. The fraction of sp³-hybridized carbons (Fsp3) is 0.346. The number of aliphatic hydroxyl groups excluding tert-OH is 1. The van der Waals surface area contributed by atoms with Gasteiger partial charge in [0, 0.05) is 12.5 Å². The van der Waals surface area contributed by atoms with Gasteiger partial charge in [0.25, 0.3) is 11.8 Å². The lowest BCUT2D eigenvalue weighted by Crippen LogP contribution is -2.48. The summed E-state index contributed by atoms with van der Waals surface area (Å²) in [6, 6.07) is 18.6. The topological polar surface area (TPSA) is 113 Å². The summed E-state index contributed by atoms with van der Waals surface area (Å²) in [5, 5.41) is 13.4. The first kappa shape index (κ1) is 22.6. The zero-order valence-corrected chi connectivity index (χ0v) is 18.4. The second-order valence-corrected chi connectivity index (χ2v) is 8.80. The summed E-state index contributed by atoms with van der Waals surface area (Å²) in [7, 11) is 0. The Hall–Kier alpha value is -3.61. The van der Waals surface area contributed by atoms with Crippen LogP contribution in [0, 0.1) is 0 Å². The Balaban J connectivity index is 1.37. The molecule has 172 valence electrons. The van der Waals surface area contributed by atoms with Crippen LogP contribution in [0.25, 0.3) is 0 Å². The van der Waals surface area contributed by atoms with Gasteiger partial charge in [-0.1, -0.05) is 60.7 Å². The van der Waals surface area contributed by atoms with E-state index in [4.69, 9.17) is 5.73 Å². The molecule has 0 saturated heterocycles. The normalized spacial score (nSPS) is 21.7. The van der Waals surface area contributed by atoms with Crippen molar-refractivity contribution >= 4 is 17.7 Å². The molecule has 1 unspecified atom stereocenters. The number of amides is 3. The predicted octanol–water partition coefficient (Wildman–Crippen LogP) is 2.58. The Kier molecular flexibility index (Phi) is 6.77. The molecule has 1 saturated carbocycles. The van der Waals surface area contributed by atoms with Crippen molar-refractivity contribution in [1.82, 2.24) is 10.2 Å². The number of benzene rings is 2. The van der Waals surface area contributed by atoms with Gasteiger partial charge in [0.05, 0.1) is 12.1 Å². The number of nitrogens with zero attached hydrogens (tertiary/aromatic N) is 1. The minimum atomic E-state index is -0.950. The van der Waals surface area contributed by atoms with E-state index in [0.29, 0.717) is 5.92 Å². The van der Waals surface area contributed by atoms with Gasteiger partial charge in [0.2, 0.25) is 5.91 Å². The van der Waals surface area contributed by atoms with E-state index in [-0.39, 0.29) is 24.6 Å². The second-order valence-electron chi connectivity index (χ2n) is 8.80. The number of nitrogens with one attached hydrogen (secondary N) is 1. The summed E-state index contributed by atoms with van der Waals surface area (Å²) in [6.07, 6.45) is 3.80. The van der Waals surface area contributed by atoms with Gasteiger partial charge in [-0.05, 0) is 42.7 Å². The number of primary amides is 1. The molecule has 2 aromatic carbocycles. The van der Waals surface area contributed by atoms with E-state index in [2.05, 4.69) is 17.4 Å². The molecule has 4 N–H and O–H groups in total. The summed E-state index contributed by atoms with van der Waals surface area (Å²) in [5.41, 5.74) is 7.71. The lowest BCUT2D eigenvalue weighted by Gasteiger charge is -2.29. The third kappa shape index (κ3) is 5.08. The maximum atomic E-state index is 12.9. The largest absolute Gasteiger partial charge is 0.503 e. The standard InChI is InChI=1S/C26H29N3O4/c27-24(31)22(15-17-7-3-1-4-8-17)29-16-21(23(30)26(29)33)25(32)28-20-13-11-19(12-14-20)18-9-5-2-6-10-18/h1-10,19-20,22,30H,11-16H2,(H2,27,31)(H,28,32)/t19-,20+,22?. The summed E-state index contributed by atoms with van der Waals surface area (Å²) < 4.78 is 0. The molecule has 1 atom stereocenters. The lowest BCUT2D eigenvalue weighted by atomic mass is 9.82. The highest BCUT2D eigenvalue weighted by Crippen LogP contribution is 2.33. The molecule has 0 spiro atoms. The van der Waals surface area contributed by atoms with Crippen LogP contribution in [0.1, 0.15) is 42.7 Å². The molecular formula is C26H29N3O4. The summed E-state index contributed by atoms with van der Waals surface area (Å²) in [6.45, 7) is -0.143. The predicted molar refractivity (Wildman–Crippen MR) is 124 cm³/mol. The van der Waals surface area contributed by atoms with Gasteiger partial charge in [-0.15, -0.1) is 0 Å². The summed E-state index contributed by atoms with van der Waals surface area (Å²) >= 11 is 0. The third-order valence-corrected chi connectivity index (χ3v) is 6.66. The molecule has 1 aliphatic heterocycles. The molecule has 4 rings (SSSR count). The second kappa shape index (κ2) is 9.90. The van der Waals surface area contributed by atoms with Crippen molar-refractivity contribution in [3.8, 4) is 0 Å². The fourth-order valence-corrected chi connectivity index (χ4v) is 4.78. The Labute approximate surface area is 193 Å². The van der Waals surface area contributed by atoms with Crippen molar-refractivity contribution in [3.63, 3.8) is 0 Å². The van der Waals surface area contributed by atoms with Gasteiger partial charge in [0.15, 0.2) is 5.76 Å². The van der Waals surface area contributed by atoms with Gasteiger partial charge in [-0.2, -0.15) is 0 Å². The first-order chi connectivity index (χ1) is 15.9. The maximum Gasteiger partial charge on any atom is 0.290 e. The molecule has 2 aromatic rings. The van der Waals surface area contributed by atoms with Gasteiger partial charge >= 0.3 is 0 Å². The Morgan fingerprint density at radius 3 is 2.21 bits per heavy atom. The van der Waals surface area contributed by atoms with Crippen molar-refractivity contribution in [2.45, 2.75) is 50.1 Å². The number of carbonyl (C=O) groups excluding carboxylic acids is 3. The van der Waals surface area contributed by atoms with Crippen LogP contribution >= 0.6 is 0 Å². The quantitative estimate of drug-likeness (QED) is 0.605. The Morgan fingerprint density at radius 1 is 1.00 bits per heavy atom. The molecule has 0 radical (unpaired) electrons. The van der Waals surface area contributed by atoms with Crippen LogP contribution in [0.2, 0.25) is 0 Å².